The minimum atomic E-state index is 0.287. The summed E-state index contributed by atoms with van der Waals surface area (Å²) < 4.78 is 0. The Kier molecular flexibility index (Phi) is 3.48. The lowest BCUT2D eigenvalue weighted by atomic mass is 10.2. The summed E-state index contributed by atoms with van der Waals surface area (Å²) in [6.07, 6.45) is 1.52. The van der Waals surface area contributed by atoms with Crippen LogP contribution in [0.1, 0.15) is 5.56 Å². The van der Waals surface area contributed by atoms with Gasteiger partial charge in [0.15, 0.2) is 5.82 Å². The van der Waals surface area contributed by atoms with Crippen molar-refractivity contribution in [2.75, 3.05) is 5.32 Å². The maximum Gasteiger partial charge on any atom is 0.150 e. The molecule has 84 valence electrons. The van der Waals surface area contributed by atoms with Gasteiger partial charge in [-0.05, 0) is 18.2 Å². The Bertz CT molecular complexity index is 591. The van der Waals surface area contributed by atoms with Gasteiger partial charge in [0.05, 0.1) is 16.3 Å². The number of nitriles is 1. The van der Waals surface area contributed by atoms with Gasteiger partial charge in [0.2, 0.25) is 0 Å². The summed E-state index contributed by atoms with van der Waals surface area (Å²) in [6.45, 7) is 0. The van der Waals surface area contributed by atoms with E-state index in [9.17, 15) is 0 Å². The van der Waals surface area contributed by atoms with Gasteiger partial charge < -0.3 is 5.32 Å². The first-order chi connectivity index (χ1) is 8.22. The van der Waals surface area contributed by atoms with Crippen LogP contribution in [-0.4, -0.2) is 4.98 Å². The van der Waals surface area contributed by atoms with Crippen molar-refractivity contribution in [2.24, 2.45) is 0 Å². The Morgan fingerprint density at radius 1 is 1.18 bits per heavy atom. The third-order valence-corrected chi connectivity index (χ3v) is 2.85. The zero-order valence-electron chi connectivity index (χ0n) is 8.61. The van der Waals surface area contributed by atoms with E-state index in [0.717, 1.165) is 0 Å². The van der Waals surface area contributed by atoms with E-state index in [1.165, 1.54) is 6.20 Å². The average molecular weight is 264 g/mol. The smallest absolute Gasteiger partial charge is 0.150 e. The Morgan fingerprint density at radius 2 is 1.94 bits per heavy atom. The summed E-state index contributed by atoms with van der Waals surface area (Å²) in [5.74, 6) is 0.416. The third-order valence-electron chi connectivity index (χ3n) is 2.14. The molecule has 0 aliphatic rings. The van der Waals surface area contributed by atoms with Crippen molar-refractivity contribution in [1.29, 1.82) is 5.26 Å². The summed E-state index contributed by atoms with van der Waals surface area (Å²) in [5, 5.41) is 12.7. The van der Waals surface area contributed by atoms with Crippen molar-refractivity contribution < 1.29 is 0 Å². The highest BCUT2D eigenvalue weighted by Gasteiger charge is 2.08. The molecule has 1 heterocycles. The summed E-state index contributed by atoms with van der Waals surface area (Å²) in [4.78, 5) is 4.07. The van der Waals surface area contributed by atoms with E-state index in [1.807, 2.05) is 18.2 Å². The largest absolute Gasteiger partial charge is 0.338 e. The van der Waals surface area contributed by atoms with E-state index in [-0.39, 0.29) is 5.02 Å². The van der Waals surface area contributed by atoms with Crippen LogP contribution < -0.4 is 5.32 Å². The molecule has 0 bridgehead atoms. The van der Waals surface area contributed by atoms with E-state index >= 15 is 0 Å². The molecule has 0 saturated heterocycles. The second-order valence-corrected chi connectivity index (χ2v) is 4.02. The summed E-state index contributed by atoms with van der Waals surface area (Å²) >= 11 is 12.0. The molecular formula is C12H7Cl2N3. The van der Waals surface area contributed by atoms with Crippen LogP contribution >= 0.6 is 23.2 Å². The summed E-state index contributed by atoms with van der Waals surface area (Å²) in [6, 6.07) is 10.8. The fourth-order valence-corrected chi connectivity index (χ4v) is 1.69. The molecule has 0 radical (unpaired) electrons. The minimum Gasteiger partial charge on any atom is -0.338 e. The zero-order valence-corrected chi connectivity index (χ0v) is 10.1. The first kappa shape index (κ1) is 11.7. The van der Waals surface area contributed by atoms with Crippen LogP contribution in [-0.2, 0) is 0 Å². The van der Waals surface area contributed by atoms with Gasteiger partial charge >= 0.3 is 0 Å². The second-order valence-electron chi connectivity index (χ2n) is 3.24. The number of halogens is 2. The number of anilines is 2. The Labute approximate surface area is 109 Å². The van der Waals surface area contributed by atoms with Crippen LogP contribution in [0.5, 0.6) is 0 Å². The monoisotopic (exact) mass is 263 g/mol. The normalized spacial score (nSPS) is 9.71. The van der Waals surface area contributed by atoms with Gasteiger partial charge in [0.1, 0.15) is 11.1 Å². The molecule has 0 unspecified atom stereocenters. The van der Waals surface area contributed by atoms with E-state index < -0.39 is 0 Å². The lowest BCUT2D eigenvalue weighted by Crippen LogP contribution is -1.96. The number of rotatable bonds is 2. The Balaban J connectivity index is 2.38. The first-order valence-electron chi connectivity index (χ1n) is 4.78. The zero-order chi connectivity index (χ0) is 12.3. The molecule has 2 rings (SSSR count). The van der Waals surface area contributed by atoms with Crippen LogP contribution in [0.15, 0.2) is 36.5 Å². The maximum atomic E-state index is 8.85. The number of nitrogens with zero attached hydrogens (tertiary/aromatic N) is 2. The molecule has 1 aromatic carbocycles. The van der Waals surface area contributed by atoms with E-state index in [1.54, 1.807) is 18.2 Å². The van der Waals surface area contributed by atoms with Gasteiger partial charge in [-0.2, -0.15) is 5.26 Å². The van der Waals surface area contributed by atoms with Crippen molar-refractivity contribution in [1.82, 2.24) is 4.98 Å². The predicted molar refractivity (Wildman–Crippen MR) is 68.7 cm³/mol. The van der Waals surface area contributed by atoms with Crippen LogP contribution in [0.25, 0.3) is 0 Å². The second kappa shape index (κ2) is 5.05. The molecule has 2 aromatic rings. The molecule has 0 spiro atoms. The van der Waals surface area contributed by atoms with Crippen LogP contribution in [0, 0.1) is 11.3 Å². The Morgan fingerprint density at radius 3 is 2.65 bits per heavy atom. The fourth-order valence-electron chi connectivity index (χ4n) is 1.31. The number of hydrogen-bond acceptors (Lipinski definition) is 3. The quantitative estimate of drug-likeness (QED) is 0.891. The molecule has 0 fully saturated rings. The van der Waals surface area contributed by atoms with Crippen molar-refractivity contribution >= 4 is 34.7 Å². The maximum absolute atomic E-state index is 8.85. The van der Waals surface area contributed by atoms with Crippen LogP contribution in [0.4, 0.5) is 11.5 Å². The van der Waals surface area contributed by atoms with Crippen LogP contribution in [0.2, 0.25) is 10.0 Å². The predicted octanol–water partition coefficient (Wildman–Crippen LogP) is 4.00. The van der Waals surface area contributed by atoms with Crippen molar-refractivity contribution in [3.8, 4) is 6.07 Å². The number of benzene rings is 1. The first-order valence-corrected chi connectivity index (χ1v) is 5.54. The van der Waals surface area contributed by atoms with Gasteiger partial charge in [-0.25, -0.2) is 4.98 Å². The average Bonchev–Trinajstić information content (AvgIpc) is 2.34. The SMILES string of the molecule is N#Cc1ccnc(Nc2ccccc2Cl)c1Cl. The molecule has 5 heteroatoms. The molecule has 1 N–H and O–H groups in total. The molecule has 1 aromatic heterocycles. The molecule has 3 nitrogen and oxygen atoms in total. The molecule has 17 heavy (non-hydrogen) atoms. The molecule has 0 aliphatic carbocycles. The fraction of sp³-hybridized carbons (Fsp3) is 0. The van der Waals surface area contributed by atoms with Gasteiger partial charge in [0, 0.05) is 6.20 Å². The third kappa shape index (κ3) is 2.50. The highest BCUT2D eigenvalue weighted by molar-refractivity contribution is 6.35. The lowest BCUT2D eigenvalue weighted by Gasteiger charge is -2.09. The highest BCUT2D eigenvalue weighted by atomic mass is 35.5. The number of aromatic nitrogens is 1. The van der Waals surface area contributed by atoms with E-state index in [2.05, 4.69) is 10.3 Å². The van der Waals surface area contributed by atoms with E-state index in [4.69, 9.17) is 28.5 Å². The van der Waals surface area contributed by atoms with Crippen molar-refractivity contribution in [2.45, 2.75) is 0 Å². The Hall–Kier alpha value is -1.76. The minimum absolute atomic E-state index is 0.287. The number of hydrogen-bond donors (Lipinski definition) is 1. The standard InChI is InChI=1S/C12H7Cl2N3/c13-9-3-1-2-4-10(9)17-12-11(14)8(7-15)5-6-16-12/h1-6H,(H,16,17). The summed E-state index contributed by atoms with van der Waals surface area (Å²) in [5.41, 5.74) is 1.06. The van der Waals surface area contributed by atoms with Gasteiger partial charge in [-0.15, -0.1) is 0 Å². The number of pyridine rings is 1. The van der Waals surface area contributed by atoms with Crippen molar-refractivity contribution in [3.05, 3.63) is 52.1 Å². The summed E-state index contributed by atoms with van der Waals surface area (Å²) in [7, 11) is 0. The molecule has 0 amide bonds. The van der Waals surface area contributed by atoms with Gasteiger partial charge in [0.25, 0.3) is 0 Å². The lowest BCUT2D eigenvalue weighted by molar-refractivity contribution is 1.29. The number of para-hydroxylation sites is 1. The topological polar surface area (TPSA) is 48.7 Å². The van der Waals surface area contributed by atoms with Gasteiger partial charge in [-0.3, -0.25) is 0 Å². The molecule has 0 saturated carbocycles. The van der Waals surface area contributed by atoms with Crippen LogP contribution in [0.3, 0.4) is 0 Å². The highest BCUT2D eigenvalue weighted by Crippen LogP contribution is 2.29. The van der Waals surface area contributed by atoms with E-state index in [0.29, 0.717) is 22.1 Å². The molecular weight excluding hydrogens is 257 g/mol. The van der Waals surface area contributed by atoms with Gasteiger partial charge in [-0.1, -0.05) is 35.3 Å². The molecule has 0 atom stereocenters. The van der Waals surface area contributed by atoms with Crippen molar-refractivity contribution in [3.63, 3.8) is 0 Å². The molecule has 0 aliphatic heterocycles. The number of nitrogens with one attached hydrogen (secondary N) is 1.